The summed E-state index contributed by atoms with van der Waals surface area (Å²) >= 11 is 0. The van der Waals surface area contributed by atoms with Crippen LogP contribution in [0.15, 0.2) is 77.9 Å². The molecule has 4 rings (SSSR count). The smallest absolute Gasteiger partial charge is 0.224 e. The highest BCUT2D eigenvalue weighted by Gasteiger charge is 2.21. The molecule has 152 valence electrons. The average molecular weight is 400 g/mol. The van der Waals surface area contributed by atoms with Gasteiger partial charge < -0.3 is 9.47 Å². The second-order valence-corrected chi connectivity index (χ2v) is 7.35. The number of fused-ring (bicyclic) bond motifs is 1. The number of rotatable bonds is 8. The zero-order valence-electron chi connectivity index (χ0n) is 17.0. The number of benzene rings is 2. The van der Waals surface area contributed by atoms with Crippen molar-refractivity contribution >= 4 is 11.7 Å². The fourth-order valence-electron chi connectivity index (χ4n) is 3.64. The Kier molecular flexibility index (Phi) is 6.30. The van der Waals surface area contributed by atoms with Crippen LogP contribution < -0.4 is 4.74 Å². The summed E-state index contributed by atoms with van der Waals surface area (Å²) in [6, 6.07) is 21.6. The zero-order valence-corrected chi connectivity index (χ0v) is 17.0. The summed E-state index contributed by atoms with van der Waals surface area (Å²) in [5.74, 6) is 1.51. The van der Waals surface area contributed by atoms with Crippen LogP contribution in [0, 0.1) is 0 Å². The van der Waals surface area contributed by atoms with E-state index < -0.39 is 0 Å². The molecule has 1 atom stereocenters. The van der Waals surface area contributed by atoms with E-state index in [1.165, 1.54) is 0 Å². The van der Waals surface area contributed by atoms with Crippen molar-refractivity contribution in [1.29, 1.82) is 0 Å². The molecule has 1 aliphatic heterocycles. The number of para-hydroxylation sites is 1. The van der Waals surface area contributed by atoms with Crippen molar-refractivity contribution in [3.05, 3.63) is 95.3 Å². The lowest BCUT2D eigenvalue weighted by molar-refractivity contribution is -0.119. The maximum absolute atomic E-state index is 12.7. The van der Waals surface area contributed by atoms with Crippen LogP contribution in [-0.4, -0.2) is 30.4 Å². The Morgan fingerprint density at radius 3 is 2.53 bits per heavy atom. The maximum Gasteiger partial charge on any atom is 0.224 e. The lowest BCUT2D eigenvalue weighted by Gasteiger charge is -2.15. The normalized spacial score (nSPS) is 13.4. The van der Waals surface area contributed by atoms with Crippen LogP contribution >= 0.6 is 0 Å². The molecule has 0 aliphatic carbocycles. The third-order valence-electron chi connectivity index (χ3n) is 5.12. The molecule has 1 aliphatic rings. The first kappa shape index (κ1) is 20.0. The van der Waals surface area contributed by atoms with Gasteiger partial charge in [0, 0.05) is 37.8 Å². The number of aromatic nitrogens is 1. The first-order valence-electron chi connectivity index (χ1n) is 10.0. The van der Waals surface area contributed by atoms with Crippen LogP contribution in [0.3, 0.4) is 0 Å². The van der Waals surface area contributed by atoms with Gasteiger partial charge in [0.2, 0.25) is 5.90 Å². The number of Topliss-reactive ketones (excluding diaryl/α,β-unsaturated/α-hetero) is 1. The summed E-state index contributed by atoms with van der Waals surface area (Å²) < 4.78 is 11.2. The minimum atomic E-state index is 0.0485. The van der Waals surface area contributed by atoms with Crippen LogP contribution in [0.5, 0.6) is 5.75 Å². The number of methoxy groups -OCH3 is 1. The molecule has 0 N–H and O–H groups in total. The van der Waals surface area contributed by atoms with E-state index in [0.717, 1.165) is 28.1 Å². The molecule has 0 amide bonds. The Morgan fingerprint density at radius 2 is 1.80 bits per heavy atom. The van der Waals surface area contributed by atoms with Crippen molar-refractivity contribution in [2.45, 2.75) is 25.3 Å². The van der Waals surface area contributed by atoms with Gasteiger partial charge in [-0.1, -0.05) is 48.5 Å². The van der Waals surface area contributed by atoms with Crippen molar-refractivity contribution in [2.24, 2.45) is 4.99 Å². The van der Waals surface area contributed by atoms with E-state index in [1.807, 2.05) is 66.7 Å². The molecule has 0 fully saturated rings. The van der Waals surface area contributed by atoms with E-state index in [0.29, 0.717) is 31.9 Å². The fourth-order valence-corrected chi connectivity index (χ4v) is 3.64. The maximum atomic E-state index is 12.7. The summed E-state index contributed by atoms with van der Waals surface area (Å²) in [6.45, 7) is 1.05. The van der Waals surface area contributed by atoms with Gasteiger partial charge in [0.05, 0.1) is 18.7 Å². The first-order valence-corrected chi connectivity index (χ1v) is 10.0. The molecule has 2 heterocycles. The molecular weight excluding hydrogens is 376 g/mol. The molecule has 0 saturated carbocycles. The number of carbonyl (C=O) groups is 1. The van der Waals surface area contributed by atoms with Gasteiger partial charge in [-0.25, -0.2) is 4.99 Å². The number of pyridine rings is 1. The number of nitrogens with zero attached hydrogens (tertiary/aromatic N) is 2. The highest BCUT2D eigenvalue weighted by Crippen LogP contribution is 2.24. The van der Waals surface area contributed by atoms with E-state index in [4.69, 9.17) is 9.47 Å². The largest absolute Gasteiger partial charge is 0.439 e. The first-order chi connectivity index (χ1) is 14.7. The van der Waals surface area contributed by atoms with E-state index in [-0.39, 0.29) is 11.7 Å². The zero-order chi connectivity index (χ0) is 20.8. The molecule has 0 radical (unpaired) electrons. The second kappa shape index (κ2) is 9.46. The minimum Gasteiger partial charge on any atom is -0.439 e. The van der Waals surface area contributed by atoms with Crippen molar-refractivity contribution in [2.75, 3.05) is 13.7 Å². The molecule has 2 aromatic carbocycles. The second-order valence-electron chi connectivity index (χ2n) is 7.35. The summed E-state index contributed by atoms with van der Waals surface area (Å²) in [6.07, 6.45) is 2.49. The van der Waals surface area contributed by atoms with Gasteiger partial charge in [0.25, 0.3) is 0 Å². The molecule has 5 heteroatoms. The predicted octanol–water partition coefficient (Wildman–Crippen LogP) is 4.35. The Labute approximate surface area is 176 Å². The van der Waals surface area contributed by atoms with Crippen LogP contribution in [0.2, 0.25) is 0 Å². The van der Waals surface area contributed by atoms with E-state index in [1.54, 1.807) is 13.3 Å². The number of hydrogen-bond donors (Lipinski definition) is 0. The average Bonchev–Trinajstić information content (AvgIpc) is 3.16. The molecule has 3 aromatic rings. The SMILES string of the molecule is COC[C@@H](CC(=O)Cc1cc2c(cn1)C(Oc1ccccc1)=NC2)c1ccccc1. The molecule has 30 heavy (non-hydrogen) atoms. The number of aliphatic imine (C=N–C) groups is 1. The summed E-state index contributed by atoms with van der Waals surface area (Å²) in [5, 5.41) is 0. The molecular formula is C25H24N2O3. The molecule has 5 nitrogen and oxygen atoms in total. The highest BCUT2D eigenvalue weighted by atomic mass is 16.5. The lowest BCUT2D eigenvalue weighted by atomic mass is 9.93. The third kappa shape index (κ3) is 4.81. The van der Waals surface area contributed by atoms with Gasteiger partial charge in [0.1, 0.15) is 11.5 Å². The third-order valence-corrected chi connectivity index (χ3v) is 5.12. The number of hydrogen-bond acceptors (Lipinski definition) is 5. The van der Waals surface area contributed by atoms with Gasteiger partial charge in [-0.3, -0.25) is 9.78 Å². The topological polar surface area (TPSA) is 60.8 Å². The molecule has 0 bridgehead atoms. The predicted molar refractivity (Wildman–Crippen MR) is 116 cm³/mol. The Balaban J connectivity index is 1.40. The van der Waals surface area contributed by atoms with Crippen molar-refractivity contribution in [1.82, 2.24) is 4.98 Å². The summed E-state index contributed by atoms with van der Waals surface area (Å²) in [4.78, 5) is 21.7. The highest BCUT2D eigenvalue weighted by molar-refractivity contribution is 5.98. The Hall–Kier alpha value is -3.31. The standard InChI is InChI=1S/C25H24N2O3/c1-29-17-20(18-8-4-2-5-9-18)13-22(28)14-21-12-19-15-27-25(24(19)16-26-21)30-23-10-6-3-7-11-23/h2-12,16,20H,13-15,17H2,1H3/t20-/m1/s1. The molecule has 0 saturated heterocycles. The van der Waals surface area contributed by atoms with Gasteiger partial charge in [-0.05, 0) is 29.3 Å². The van der Waals surface area contributed by atoms with Crippen LogP contribution in [0.25, 0.3) is 0 Å². The molecule has 0 unspecified atom stereocenters. The lowest BCUT2D eigenvalue weighted by Crippen LogP contribution is -2.15. The quantitative estimate of drug-likeness (QED) is 0.564. The number of carbonyl (C=O) groups excluding carboxylic acids is 1. The fraction of sp³-hybridized carbons (Fsp3) is 0.240. The van der Waals surface area contributed by atoms with Crippen LogP contribution in [0.1, 0.15) is 34.7 Å². The molecule has 1 aromatic heterocycles. The van der Waals surface area contributed by atoms with Crippen molar-refractivity contribution < 1.29 is 14.3 Å². The van der Waals surface area contributed by atoms with Crippen molar-refractivity contribution in [3.8, 4) is 5.75 Å². The molecule has 0 spiro atoms. The summed E-state index contributed by atoms with van der Waals surface area (Å²) in [5.41, 5.74) is 3.80. The van der Waals surface area contributed by atoms with Crippen LogP contribution in [-0.2, 0) is 22.5 Å². The number of ether oxygens (including phenoxy) is 2. The van der Waals surface area contributed by atoms with Gasteiger partial charge >= 0.3 is 0 Å². The van der Waals surface area contributed by atoms with Crippen LogP contribution in [0.4, 0.5) is 0 Å². The number of ketones is 1. The van der Waals surface area contributed by atoms with E-state index in [2.05, 4.69) is 9.98 Å². The monoisotopic (exact) mass is 400 g/mol. The van der Waals surface area contributed by atoms with Gasteiger partial charge in [-0.15, -0.1) is 0 Å². The van der Waals surface area contributed by atoms with Gasteiger partial charge in [-0.2, -0.15) is 0 Å². The Morgan fingerprint density at radius 1 is 1.07 bits per heavy atom. The van der Waals surface area contributed by atoms with Gasteiger partial charge in [0.15, 0.2) is 0 Å². The summed E-state index contributed by atoms with van der Waals surface area (Å²) in [7, 11) is 1.66. The van der Waals surface area contributed by atoms with E-state index >= 15 is 0 Å². The van der Waals surface area contributed by atoms with E-state index in [9.17, 15) is 4.79 Å². The van der Waals surface area contributed by atoms with Crippen molar-refractivity contribution in [3.63, 3.8) is 0 Å². The minimum absolute atomic E-state index is 0.0485. The Bertz CT molecular complexity index is 1030.